The predicted octanol–water partition coefficient (Wildman–Crippen LogP) is 4.93. The van der Waals surface area contributed by atoms with E-state index in [-0.39, 0.29) is 11.8 Å². The molecule has 1 aliphatic carbocycles. The summed E-state index contributed by atoms with van der Waals surface area (Å²) in [6.07, 6.45) is 2.62. The van der Waals surface area contributed by atoms with Crippen molar-refractivity contribution in [3.8, 4) is 11.3 Å². The Hall–Kier alpha value is -3.67. The van der Waals surface area contributed by atoms with E-state index in [2.05, 4.69) is 34.2 Å². The molecule has 31 heavy (non-hydrogen) atoms. The van der Waals surface area contributed by atoms with Crippen molar-refractivity contribution in [2.24, 2.45) is 0 Å². The SMILES string of the molecule is CC(C)Nc1cc(N(C)CCc2ccccn2)c2noc3c2c1C(=O)c1ccccc1-3. The van der Waals surface area contributed by atoms with E-state index in [0.29, 0.717) is 22.4 Å². The summed E-state index contributed by atoms with van der Waals surface area (Å²) in [6, 6.07) is 15.7. The average Bonchev–Trinajstić information content (AvgIpc) is 3.21. The van der Waals surface area contributed by atoms with Crippen molar-refractivity contribution in [3.63, 3.8) is 0 Å². The smallest absolute Gasteiger partial charge is 0.196 e. The third kappa shape index (κ3) is 3.24. The van der Waals surface area contributed by atoms with Gasteiger partial charge in [-0.05, 0) is 32.0 Å². The molecule has 2 aromatic heterocycles. The standard InChI is InChI=1S/C25H24N4O2/c1-15(2)27-19-14-20(29(3)13-11-16-8-6-7-12-26-16)23-22-21(19)24(30)17-9-4-5-10-18(17)25(22)31-28-23/h4-10,12,14-15,27H,11,13H2,1-3H3. The van der Waals surface area contributed by atoms with Crippen LogP contribution in [0, 0.1) is 0 Å². The van der Waals surface area contributed by atoms with Crippen LogP contribution in [0.3, 0.4) is 0 Å². The number of hydrogen-bond donors (Lipinski definition) is 1. The number of carbonyl (C=O) groups excluding carboxylic acids is 1. The molecule has 5 rings (SSSR count). The second kappa shape index (κ2) is 7.54. The fraction of sp³-hybridized carbons (Fsp3) is 0.240. The largest absolute Gasteiger partial charge is 0.382 e. The van der Waals surface area contributed by atoms with Crippen LogP contribution in [0.1, 0.15) is 35.5 Å². The first-order valence-electron chi connectivity index (χ1n) is 10.5. The Kier molecular flexibility index (Phi) is 4.70. The van der Waals surface area contributed by atoms with Crippen molar-refractivity contribution < 1.29 is 9.32 Å². The molecule has 2 aromatic carbocycles. The van der Waals surface area contributed by atoms with Gasteiger partial charge in [-0.1, -0.05) is 35.5 Å². The Morgan fingerprint density at radius 3 is 2.61 bits per heavy atom. The highest BCUT2D eigenvalue weighted by atomic mass is 16.5. The molecule has 6 heteroatoms. The van der Waals surface area contributed by atoms with Gasteiger partial charge < -0.3 is 14.7 Å². The topological polar surface area (TPSA) is 71.3 Å². The van der Waals surface area contributed by atoms with Gasteiger partial charge in [-0.2, -0.15) is 0 Å². The van der Waals surface area contributed by atoms with E-state index in [1.54, 1.807) is 0 Å². The molecule has 0 saturated carbocycles. The Morgan fingerprint density at radius 2 is 1.87 bits per heavy atom. The maximum atomic E-state index is 13.5. The highest BCUT2D eigenvalue weighted by Gasteiger charge is 2.33. The number of benzene rings is 2. The summed E-state index contributed by atoms with van der Waals surface area (Å²) in [5.41, 5.74) is 5.58. The molecule has 0 bridgehead atoms. The van der Waals surface area contributed by atoms with Crippen LogP contribution in [0.4, 0.5) is 11.4 Å². The van der Waals surface area contributed by atoms with Crippen molar-refractivity contribution in [1.82, 2.24) is 10.1 Å². The number of ketones is 1. The van der Waals surface area contributed by atoms with Crippen LogP contribution < -0.4 is 10.2 Å². The number of fused-ring (bicyclic) bond motifs is 2. The van der Waals surface area contributed by atoms with Gasteiger partial charge in [0.05, 0.1) is 16.6 Å². The molecule has 4 aromatic rings. The molecule has 0 aliphatic heterocycles. The van der Waals surface area contributed by atoms with Gasteiger partial charge in [0.1, 0.15) is 5.52 Å². The third-order valence-electron chi connectivity index (χ3n) is 5.66. The summed E-state index contributed by atoms with van der Waals surface area (Å²) in [6.45, 7) is 4.90. The quantitative estimate of drug-likeness (QED) is 0.426. The maximum absolute atomic E-state index is 13.5. The molecule has 0 radical (unpaired) electrons. The summed E-state index contributed by atoms with van der Waals surface area (Å²) >= 11 is 0. The molecular weight excluding hydrogens is 388 g/mol. The number of likely N-dealkylation sites (N-methyl/N-ethyl adjacent to an activating group) is 1. The van der Waals surface area contributed by atoms with E-state index >= 15 is 0 Å². The number of carbonyl (C=O) groups is 1. The Bertz CT molecular complexity index is 1280. The third-order valence-corrected chi connectivity index (χ3v) is 5.66. The van der Waals surface area contributed by atoms with Crippen LogP contribution in [0.15, 0.2) is 59.3 Å². The molecule has 1 N–H and O–H groups in total. The van der Waals surface area contributed by atoms with Gasteiger partial charge in [0.15, 0.2) is 11.5 Å². The molecule has 0 spiro atoms. The summed E-state index contributed by atoms with van der Waals surface area (Å²) in [7, 11) is 2.03. The first kappa shape index (κ1) is 19.3. The summed E-state index contributed by atoms with van der Waals surface area (Å²) in [5.74, 6) is 0.661. The summed E-state index contributed by atoms with van der Waals surface area (Å²) in [5, 5.41) is 8.66. The maximum Gasteiger partial charge on any atom is 0.196 e. The monoisotopic (exact) mass is 412 g/mol. The zero-order valence-electron chi connectivity index (χ0n) is 17.8. The number of nitrogens with one attached hydrogen (secondary N) is 1. The molecule has 156 valence electrons. The average molecular weight is 412 g/mol. The number of pyridine rings is 1. The van der Waals surface area contributed by atoms with Crippen LogP contribution >= 0.6 is 0 Å². The lowest BCUT2D eigenvalue weighted by molar-refractivity contribution is 0.104. The minimum Gasteiger partial charge on any atom is -0.382 e. The lowest BCUT2D eigenvalue weighted by Crippen LogP contribution is -2.23. The van der Waals surface area contributed by atoms with Gasteiger partial charge in [-0.15, -0.1) is 0 Å². The molecule has 0 atom stereocenters. The number of hydrogen-bond acceptors (Lipinski definition) is 6. The van der Waals surface area contributed by atoms with E-state index in [9.17, 15) is 4.79 Å². The van der Waals surface area contributed by atoms with E-state index in [4.69, 9.17) is 4.52 Å². The minimum absolute atomic E-state index is 0.00198. The Balaban J connectivity index is 1.64. The highest BCUT2D eigenvalue weighted by molar-refractivity contribution is 6.28. The van der Waals surface area contributed by atoms with Crippen LogP contribution in [-0.2, 0) is 6.42 Å². The Morgan fingerprint density at radius 1 is 1.10 bits per heavy atom. The van der Waals surface area contributed by atoms with Crippen molar-refractivity contribution in [2.45, 2.75) is 26.3 Å². The van der Waals surface area contributed by atoms with Crippen molar-refractivity contribution in [2.75, 3.05) is 23.8 Å². The van der Waals surface area contributed by atoms with Crippen LogP contribution in [-0.4, -0.2) is 35.6 Å². The molecule has 1 aliphatic rings. The van der Waals surface area contributed by atoms with Gasteiger partial charge in [-0.3, -0.25) is 9.78 Å². The molecule has 2 heterocycles. The van der Waals surface area contributed by atoms with Gasteiger partial charge in [0.2, 0.25) is 0 Å². The number of anilines is 2. The van der Waals surface area contributed by atoms with E-state index in [1.807, 2.05) is 61.8 Å². The van der Waals surface area contributed by atoms with Gasteiger partial charge in [-0.25, -0.2) is 0 Å². The number of nitrogens with zero attached hydrogens (tertiary/aromatic N) is 3. The zero-order chi connectivity index (χ0) is 21.5. The zero-order valence-corrected chi connectivity index (χ0v) is 17.8. The molecular formula is C25H24N4O2. The van der Waals surface area contributed by atoms with Crippen LogP contribution in [0.25, 0.3) is 22.2 Å². The normalized spacial score (nSPS) is 12.3. The van der Waals surface area contributed by atoms with E-state index < -0.39 is 0 Å². The second-order valence-electron chi connectivity index (χ2n) is 8.22. The molecule has 0 fully saturated rings. The van der Waals surface area contributed by atoms with Crippen LogP contribution in [0.2, 0.25) is 0 Å². The van der Waals surface area contributed by atoms with Gasteiger partial charge in [0, 0.05) is 54.8 Å². The molecule has 0 amide bonds. The fourth-order valence-electron chi connectivity index (χ4n) is 4.21. The summed E-state index contributed by atoms with van der Waals surface area (Å²) in [4.78, 5) is 20.0. The lowest BCUT2D eigenvalue weighted by atomic mass is 9.86. The van der Waals surface area contributed by atoms with Crippen molar-refractivity contribution in [1.29, 1.82) is 0 Å². The molecule has 6 nitrogen and oxygen atoms in total. The predicted molar refractivity (Wildman–Crippen MR) is 123 cm³/mol. The van der Waals surface area contributed by atoms with Crippen molar-refractivity contribution >= 4 is 28.1 Å². The van der Waals surface area contributed by atoms with Gasteiger partial charge >= 0.3 is 0 Å². The molecule has 0 saturated heterocycles. The fourth-order valence-corrected chi connectivity index (χ4v) is 4.21. The minimum atomic E-state index is 0.00198. The lowest BCUT2D eigenvalue weighted by Gasteiger charge is -2.24. The van der Waals surface area contributed by atoms with Gasteiger partial charge in [0.25, 0.3) is 0 Å². The molecule has 0 unspecified atom stereocenters. The summed E-state index contributed by atoms with van der Waals surface area (Å²) < 4.78 is 5.82. The van der Waals surface area contributed by atoms with E-state index in [0.717, 1.165) is 41.0 Å². The van der Waals surface area contributed by atoms with E-state index in [1.165, 1.54) is 0 Å². The highest BCUT2D eigenvalue weighted by Crippen LogP contribution is 2.45. The first-order chi connectivity index (χ1) is 15.0. The second-order valence-corrected chi connectivity index (χ2v) is 8.22. The first-order valence-corrected chi connectivity index (χ1v) is 10.5. The number of rotatable bonds is 6. The Labute approximate surface area is 180 Å². The van der Waals surface area contributed by atoms with Crippen LogP contribution in [0.5, 0.6) is 0 Å². The number of aromatic nitrogens is 2. The van der Waals surface area contributed by atoms with Crippen molar-refractivity contribution in [3.05, 3.63) is 71.5 Å².